The highest BCUT2D eigenvalue weighted by atomic mass is 19.4. The first kappa shape index (κ1) is 17.2. The fourth-order valence-electron chi connectivity index (χ4n) is 1.78. The van der Waals surface area contributed by atoms with Crippen LogP contribution in [0.2, 0.25) is 0 Å². The lowest BCUT2D eigenvalue weighted by molar-refractivity contribution is -0.141. The molecule has 21 heavy (non-hydrogen) atoms. The number of H-pyrrole nitrogens is 1. The van der Waals surface area contributed by atoms with E-state index >= 15 is 0 Å². The molecule has 0 radical (unpaired) electrons. The van der Waals surface area contributed by atoms with Crippen molar-refractivity contribution in [2.24, 2.45) is 5.92 Å². The standard InChI is InChI=1S/C13H17F3N2O3/c1-7(2)9(5-6-19)17-11(20)8-3-4-10(13(14,15)16)18-12(8)21/h3-4,7,9,19H,5-6H2,1-2H3,(H,17,20)(H,18,21). The van der Waals surface area contributed by atoms with Crippen LogP contribution in [0.3, 0.4) is 0 Å². The molecule has 1 rings (SSSR count). The number of aliphatic hydroxyl groups excluding tert-OH is 1. The maximum atomic E-state index is 12.4. The van der Waals surface area contributed by atoms with Crippen LogP contribution in [0.5, 0.6) is 0 Å². The summed E-state index contributed by atoms with van der Waals surface area (Å²) in [6, 6.07) is 1.12. The van der Waals surface area contributed by atoms with Crippen LogP contribution in [0.25, 0.3) is 0 Å². The molecular formula is C13H17F3N2O3. The molecule has 5 nitrogen and oxygen atoms in total. The Labute approximate surface area is 119 Å². The Kier molecular flexibility index (Phi) is 5.54. The number of hydrogen-bond acceptors (Lipinski definition) is 3. The van der Waals surface area contributed by atoms with Crippen molar-refractivity contribution >= 4 is 5.91 Å². The van der Waals surface area contributed by atoms with Crippen molar-refractivity contribution in [3.8, 4) is 0 Å². The number of amides is 1. The van der Waals surface area contributed by atoms with Crippen LogP contribution in [0.15, 0.2) is 16.9 Å². The quantitative estimate of drug-likeness (QED) is 0.771. The van der Waals surface area contributed by atoms with Crippen molar-refractivity contribution in [1.29, 1.82) is 0 Å². The smallest absolute Gasteiger partial charge is 0.396 e. The van der Waals surface area contributed by atoms with Crippen molar-refractivity contribution < 1.29 is 23.1 Å². The van der Waals surface area contributed by atoms with Gasteiger partial charge < -0.3 is 15.4 Å². The number of aromatic amines is 1. The minimum atomic E-state index is -4.68. The van der Waals surface area contributed by atoms with Crippen molar-refractivity contribution in [3.05, 3.63) is 33.7 Å². The SMILES string of the molecule is CC(C)C(CCO)NC(=O)c1ccc(C(F)(F)F)[nH]c1=O. The lowest BCUT2D eigenvalue weighted by atomic mass is 10.0. The van der Waals surface area contributed by atoms with Gasteiger partial charge in [0.1, 0.15) is 11.3 Å². The number of pyridine rings is 1. The molecule has 0 saturated carbocycles. The summed E-state index contributed by atoms with van der Waals surface area (Å²) in [6.07, 6.45) is -4.38. The van der Waals surface area contributed by atoms with Crippen molar-refractivity contribution in [1.82, 2.24) is 10.3 Å². The third-order valence-corrected chi connectivity index (χ3v) is 3.02. The first-order valence-electron chi connectivity index (χ1n) is 6.39. The number of nitrogens with one attached hydrogen (secondary N) is 2. The van der Waals surface area contributed by atoms with E-state index in [1.807, 2.05) is 13.8 Å². The minimum absolute atomic E-state index is 0.00892. The van der Waals surface area contributed by atoms with Gasteiger partial charge in [0, 0.05) is 12.6 Å². The second kappa shape index (κ2) is 6.75. The zero-order chi connectivity index (χ0) is 16.2. The van der Waals surface area contributed by atoms with E-state index in [-0.39, 0.29) is 18.6 Å². The van der Waals surface area contributed by atoms with Gasteiger partial charge in [-0.25, -0.2) is 0 Å². The van der Waals surface area contributed by atoms with Gasteiger partial charge in [-0.2, -0.15) is 13.2 Å². The Morgan fingerprint density at radius 3 is 2.43 bits per heavy atom. The van der Waals surface area contributed by atoms with Crippen LogP contribution in [-0.2, 0) is 6.18 Å². The van der Waals surface area contributed by atoms with E-state index in [0.29, 0.717) is 12.5 Å². The van der Waals surface area contributed by atoms with Crippen LogP contribution in [0.1, 0.15) is 36.3 Å². The third-order valence-electron chi connectivity index (χ3n) is 3.02. The molecular weight excluding hydrogens is 289 g/mol. The van der Waals surface area contributed by atoms with E-state index in [0.717, 1.165) is 6.07 Å². The molecule has 0 aromatic carbocycles. The van der Waals surface area contributed by atoms with Gasteiger partial charge in [-0.1, -0.05) is 13.8 Å². The molecule has 0 aliphatic heterocycles. The molecule has 0 saturated heterocycles. The largest absolute Gasteiger partial charge is 0.431 e. The first-order valence-corrected chi connectivity index (χ1v) is 6.39. The Hall–Kier alpha value is -1.83. The molecule has 1 atom stereocenters. The number of alkyl halides is 3. The predicted molar refractivity (Wildman–Crippen MR) is 69.9 cm³/mol. The van der Waals surface area contributed by atoms with Crippen LogP contribution < -0.4 is 10.9 Å². The molecule has 1 amide bonds. The van der Waals surface area contributed by atoms with E-state index in [2.05, 4.69) is 5.32 Å². The molecule has 0 aliphatic carbocycles. The summed E-state index contributed by atoms with van der Waals surface area (Å²) >= 11 is 0. The maximum absolute atomic E-state index is 12.4. The number of hydrogen-bond donors (Lipinski definition) is 3. The van der Waals surface area contributed by atoms with E-state index < -0.39 is 28.9 Å². The molecule has 0 spiro atoms. The van der Waals surface area contributed by atoms with Gasteiger partial charge in [0.25, 0.3) is 11.5 Å². The summed E-state index contributed by atoms with van der Waals surface area (Å²) in [4.78, 5) is 25.1. The number of aromatic nitrogens is 1. The molecule has 1 unspecified atom stereocenters. The van der Waals surface area contributed by atoms with E-state index in [1.165, 1.54) is 0 Å². The third kappa shape index (κ3) is 4.59. The Balaban J connectivity index is 2.96. The van der Waals surface area contributed by atoms with E-state index in [1.54, 1.807) is 4.98 Å². The second-order valence-electron chi connectivity index (χ2n) is 4.95. The number of aliphatic hydroxyl groups is 1. The lowest BCUT2D eigenvalue weighted by Gasteiger charge is -2.21. The fourth-order valence-corrected chi connectivity index (χ4v) is 1.78. The summed E-state index contributed by atoms with van der Waals surface area (Å²) in [6.45, 7) is 3.49. The average Bonchev–Trinajstić information content (AvgIpc) is 2.36. The van der Waals surface area contributed by atoms with Crippen LogP contribution in [0, 0.1) is 5.92 Å². The summed E-state index contributed by atoms with van der Waals surface area (Å²) in [5, 5.41) is 11.4. The number of halogens is 3. The molecule has 1 heterocycles. The molecule has 8 heteroatoms. The zero-order valence-corrected chi connectivity index (χ0v) is 11.6. The average molecular weight is 306 g/mol. The van der Waals surface area contributed by atoms with Gasteiger partial charge in [0.15, 0.2) is 0 Å². The predicted octanol–water partition coefficient (Wildman–Crippen LogP) is 1.53. The van der Waals surface area contributed by atoms with Gasteiger partial charge in [0.2, 0.25) is 0 Å². The van der Waals surface area contributed by atoms with Gasteiger partial charge in [-0.05, 0) is 24.5 Å². The molecule has 0 bridgehead atoms. The van der Waals surface area contributed by atoms with Crippen molar-refractivity contribution in [3.63, 3.8) is 0 Å². The summed E-state index contributed by atoms with van der Waals surface area (Å²) in [5.41, 5.74) is -2.71. The monoisotopic (exact) mass is 306 g/mol. The van der Waals surface area contributed by atoms with Gasteiger partial charge in [0.05, 0.1) is 0 Å². The molecule has 1 aromatic rings. The lowest BCUT2D eigenvalue weighted by Crippen LogP contribution is -2.41. The number of carbonyl (C=O) groups is 1. The van der Waals surface area contributed by atoms with Crippen molar-refractivity contribution in [2.45, 2.75) is 32.5 Å². The van der Waals surface area contributed by atoms with E-state index in [9.17, 15) is 22.8 Å². The van der Waals surface area contributed by atoms with Gasteiger partial charge in [-0.15, -0.1) is 0 Å². The Morgan fingerprint density at radius 2 is 2.00 bits per heavy atom. The molecule has 0 aliphatic rings. The Bertz CT molecular complexity index is 552. The minimum Gasteiger partial charge on any atom is -0.396 e. The highest BCUT2D eigenvalue weighted by Gasteiger charge is 2.32. The van der Waals surface area contributed by atoms with Crippen molar-refractivity contribution in [2.75, 3.05) is 6.61 Å². The molecule has 1 aromatic heterocycles. The molecule has 3 N–H and O–H groups in total. The normalized spacial score (nSPS) is 13.3. The van der Waals surface area contributed by atoms with Crippen LogP contribution in [0.4, 0.5) is 13.2 Å². The second-order valence-corrected chi connectivity index (χ2v) is 4.95. The highest BCUT2D eigenvalue weighted by molar-refractivity contribution is 5.94. The van der Waals surface area contributed by atoms with Gasteiger partial charge >= 0.3 is 6.18 Å². The summed E-state index contributed by atoms with van der Waals surface area (Å²) in [7, 11) is 0. The first-order chi connectivity index (χ1) is 9.66. The maximum Gasteiger partial charge on any atom is 0.431 e. The summed E-state index contributed by atoms with van der Waals surface area (Å²) < 4.78 is 37.3. The number of carbonyl (C=O) groups excluding carboxylic acids is 1. The van der Waals surface area contributed by atoms with Crippen LogP contribution >= 0.6 is 0 Å². The van der Waals surface area contributed by atoms with E-state index in [4.69, 9.17) is 5.11 Å². The summed E-state index contributed by atoms with van der Waals surface area (Å²) in [5.74, 6) is -0.758. The fraction of sp³-hybridized carbons (Fsp3) is 0.538. The Morgan fingerprint density at radius 1 is 1.38 bits per heavy atom. The zero-order valence-electron chi connectivity index (χ0n) is 11.6. The molecule has 118 valence electrons. The highest BCUT2D eigenvalue weighted by Crippen LogP contribution is 2.26. The number of rotatable bonds is 5. The topological polar surface area (TPSA) is 82.2 Å². The molecule has 0 fully saturated rings. The van der Waals surface area contributed by atoms with Gasteiger partial charge in [-0.3, -0.25) is 9.59 Å². The van der Waals surface area contributed by atoms with Crippen LogP contribution in [-0.4, -0.2) is 28.6 Å².